The number of cyclic esters (lactones) is 1. The van der Waals surface area contributed by atoms with Gasteiger partial charge in [0, 0.05) is 46.4 Å². The molecule has 6 nitrogen and oxygen atoms in total. The number of nitrogens with zero attached hydrogens (tertiary/aromatic N) is 2. The monoisotopic (exact) mass is 697 g/mol. The van der Waals surface area contributed by atoms with Gasteiger partial charge in [-0.1, -0.05) is 96.5 Å². The molecule has 1 spiro atoms. The number of morpholine rings is 1. The van der Waals surface area contributed by atoms with Crippen molar-refractivity contribution in [3.63, 3.8) is 0 Å². The van der Waals surface area contributed by atoms with E-state index >= 15 is 4.39 Å². The number of carbonyl (C=O) groups is 1. The average molecular weight is 699 g/mol. The summed E-state index contributed by atoms with van der Waals surface area (Å²) in [4.78, 5) is 20.2. The third-order valence-corrected chi connectivity index (χ3v) is 10.9. The molecule has 0 bridgehead atoms. The van der Waals surface area contributed by atoms with E-state index in [1.807, 2.05) is 65.6 Å². The number of carbonyl (C=O) groups excluding carboxylic acids is 1. The number of likely N-dealkylation sites (N-methyl/N-ethyl adjacent to an activating group) is 1. The zero-order chi connectivity index (χ0) is 34.4. The zero-order valence-corrected chi connectivity index (χ0v) is 28.0. The van der Waals surface area contributed by atoms with E-state index in [4.69, 9.17) is 27.9 Å². The Morgan fingerprint density at radius 1 is 1.08 bits per heavy atom. The number of rotatable bonds is 9. The predicted molar refractivity (Wildman–Crippen MR) is 179 cm³/mol. The smallest absolute Gasteiger partial charge is 0.324 e. The quantitative estimate of drug-likeness (QED) is 0.136. The van der Waals surface area contributed by atoms with Crippen LogP contribution in [-0.4, -0.2) is 58.5 Å². The predicted octanol–water partition coefficient (Wildman–Crippen LogP) is 7.67. The molecule has 2 aliphatic heterocycles. The van der Waals surface area contributed by atoms with Crippen LogP contribution in [0.4, 0.5) is 13.2 Å². The number of halogens is 5. The molecular formula is C37H36Cl2F3N3O3. The standard InChI is InChI=1S/C37H36Cl2F3N3O3/c1-4-25(38)17-27(43-3)22(2)37(47)28(26-15-16-44-33(39)29(26)42)31-34(46)48-32(24-13-9-6-10-14-24)30(23-11-7-5-8-12-23)45(31)36(37)18-35(19-36,20-40)21-41/h4-17,28,30-32,43,47H,2,18-21H2,1,3H3/b25-4+,27-17+/t28-,30+,31+,32-,37+/m0/s1. The SMILES string of the molecule is C=C(/C(=C\C(Cl)=C/C)NC)[C@@]1(O)[C@@H](c2ccnc(Cl)c2F)[C@@H]2C(=O)O[C@@H](c3ccccc3)[C@@H](c3ccccc3)N2C12CC(CF)(CF)C2. The molecule has 3 heterocycles. The Morgan fingerprint density at radius 2 is 1.69 bits per heavy atom. The lowest BCUT2D eigenvalue weighted by atomic mass is 9.49. The van der Waals surface area contributed by atoms with Crippen molar-refractivity contribution in [1.29, 1.82) is 0 Å². The summed E-state index contributed by atoms with van der Waals surface area (Å²) in [6.45, 7) is 4.04. The Kier molecular flexibility index (Phi) is 9.28. The number of nitrogens with one attached hydrogen (secondary N) is 1. The Bertz CT molecular complexity index is 1760. The molecule has 2 aromatic carbocycles. The largest absolute Gasteiger partial charge is 0.454 e. The van der Waals surface area contributed by atoms with Crippen LogP contribution in [0.2, 0.25) is 5.15 Å². The molecule has 1 aromatic heterocycles. The second-order valence-electron chi connectivity index (χ2n) is 12.8. The van der Waals surface area contributed by atoms with E-state index in [-0.39, 0.29) is 29.7 Å². The molecule has 2 N–H and O–H groups in total. The van der Waals surface area contributed by atoms with Gasteiger partial charge in [0.05, 0.1) is 24.9 Å². The molecule has 6 rings (SSSR count). The van der Waals surface area contributed by atoms with Crippen molar-refractivity contribution in [3.05, 3.63) is 136 Å². The summed E-state index contributed by atoms with van der Waals surface area (Å²) in [7, 11) is 1.61. The fourth-order valence-corrected chi connectivity index (χ4v) is 8.53. The number of pyridine rings is 1. The van der Waals surface area contributed by atoms with Gasteiger partial charge in [-0.25, -0.2) is 9.37 Å². The number of alkyl halides is 2. The first-order valence-electron chi connectivity index (χ1n) is 15.7. The van der Waals surface area contributed by atoms with E-state index < -0.39 is 70.9 Å². The highest BCUT2D eigenvalue weighted by atomic mass is 35.5. The van der Waals surface area contributed by atoms with E-state index in [1.165, 1.54) is 12.3 Å². The number of allylic oxidation sites excluding steroid dienone is 3. The molecule has 2 saturated heterocycles. The lowest BCUT2D eigenvalue weighted by Gasteiger charge is -2.64. The van der Waals surface area contributed by atoms with Gasteiger partial charge in [0.15, 0.2) is 11.0 Å². The van der Waals surface area contributed by atoms with Crippen LogP contribution in [0.25, 0.3) is 0 Å². The molecule has 3 aromatic rings. The number of hydrogen-bond donors (Lipinski definition) is 2. The minimum atomic E-state index is -2.23. The Morgan fingerprint density at radius 3 is 2.25 bits per heavy atom. The first-order chi connectivity index (χ1) is 23.0. The number of fused-ring (bicyclic) bond motifs is 2. The molecule has 1 aliphatic carbocycles. The maximum atomic E-state index is 16.2. The van der Waals surface area contributed by atoms with Crippen molar-refractivity contribution >= 4 is 29.2 Å². The summed E-state index contributed by atoms with van der Waals surface area (Å²) < 4.78 is 52.2. The lowest BCUT2D eigenvalue weighted by Crippen LogP contribution is -2.73. The van der Waals surface area contributed by atoms with E-state index in [1.54, 1.807) is 26.1 Å². The number of aromatic nitrogens is 1. The van der Waals surface area contributed by atoms with Gasteiger partial charge in [-0.2, -0.15) is 0 Å². The van der Waals surface area contributed by atoms with Crippen LogP contribution in [0.1, 0.15) is 54.5 Å². The molecule has 11 heteroatoms. The first-order valence-corrected chi connectivity index (χ1v) is 16.4. The van der Waals surface area contributed by atoms with Crippen LogP contribution in [0, 0.1) is 11.2 Å². The summed E-state index contributed by atoms with van der Waals surface area (Å²) in [6.07, 6.45) is 3.17. The second-order valence-corrected chi connectivity index (χ2v) is 13.6. The highest BCUT2D eigenvalue weighted by molar-refractivity contribution is 6.31. The van der Waals surface area contributed by atoms with Crippen LogP contribution >= 0.6 is 23.2 Å². The topological polar surface area (TPSA) is 74.7 Å². The molecule has 0 unspecified atom stereocenters. The third kappa shape index (κ3) is 5.09. The van der Waals surface area contributed by atoms with Crippen LogP contribution in [0.3, 0.4) is 0 Å². The van der Waals surface area contributed by atoms with Crippen molar-refractivity contribution in [2.24, 2.45) is 5.41 Å². The van der Waals surface area contributed by atoms with Gasteiger partial charge in [-0.15, -0.1) is 0 Å². The van der Waals surface area contributed by atoms with Gasteiger partial charge in [-0.3, -0.25) is 18.5 Å². The number of aliphatic hydroxyl groups is 1. The Hall–Kier alpha value is -3.63. The minimum Gasteiger partial charge on any atom is -0.454 e. The molecule has 3 aliphatic rings. The van der Waals surface area contributed by atoms with Crippen molar-refractivity contribution in [3.8, 4) is 0 Å². The van der Waals surface area contributed by atoms with Gasteiger partial charge in [0.2, 0.25) is 0 Å². The highest BCUT2D eigenvalue weighted by Gasteiger charge is 2.80. The second kappa shape index (κ2) is 13.0. The Balaban J connectivity index is 1.70. The maximum absolute atomic E-state index is 16.2. The molecule has 252 valence electrons. The normalized spacial score (nSPS) is 28.0. The molecule has 5 atom stereocenters. The van der Waals surface area contributed by atoms with Crippen LogP contribution in [-0.2, 0) is 9.53 Å². The highest BCUT2D eigenvalue weighted by Crippen LogP contribution is 2.71. The number of benzene rings is 2. The summed E-state index contributed by atoms with van der Waals surface area (Å²) >= 11 is 12.7. The fraction of sp³-hybridized carbons (Fsp3) is 0.351. The van der Waals surface area contributed by atoms with E-state index in [0.717, 1.165) is 5.56 Å². The molecule has 3 fully saturated rings. The van der Waals surface area contributed by atoms with Crippen molar-refractivity contribution < 1.29 is 27.8 Å². The van der Waals surface area contributed by atoms with Gasteiger partial charge in [0.1, 0.15) is 17.7 Å². The summed E-state index contributed by atoms with van der Waals surface area (Å²) in [6, 6.07) is 17.7. The maximum Gasteiger partial charge on any atom is 0.324 e. The van der Waals surface area contributed by atoms with Crippen LogP contribution in [0.5, 0.6) is 0 Å². The van der Waals surface area contributed by atoms with E-state index in [0.29, 0.717) is 10.6 Å². The summed E-state index contributed by atoms with van der Waals surface area (Å²) in [5.41, 5.74) is -3.61. The molecule has 0 radical (unpaired) electrons. The summed E-state index contributed by atoms with van der Waals surface area (Å²) in [5.74, 6) is -3.08. The minimum absolute atomic E-state index is 0.0546. The summed E-state index contributed by atoms with van der Waals surface area (Å²) in [5, 5.41) is 16.5. The number of hydrogen-bond acceptors (Lipinski definition) is 6. The lowest BCUT2D eigenvalue weighted by molar-refractivity contribution is -0.212. The molecule has 0 amide bonds. The molecule has 1 saturated carbocycles. The fourth-order valence-electron chi connectivity index (χ4n) is 8.25. The van der Waals surface area contributed by atoms with Gasteiger partial charge < -0.3 is 15.2 Å². The van der Waals surface area contributed by atoms with Gasteiger partial charge in [0.25, 0.3) is 0 Å². The van der Waals surface area contributed by atoms with Crippen molar-refractivity contribution in [1.82, 2.24) is 15.2 Å². The van der Waals surface area contributed by atoms with Crippen molar-refractivity contribution in [2.45, 2.75) is 55.0 Å². The van der Waals surface area contributed by atoms with Gasteiger partial charge >= 0.3 is 5.97 Å². The number of ether oxygens (including phenoxy) is 1. The molecule has 48 heavy (non-hydrogen) atoms. The van der Waals surface area contributed by atoms with Crippen LogP contribution in [0.15, 0.2) is 108 Å². The average Bonchev–Trinajstić information content (AvgIpc) is 3.33. The van der Waals surface area contributed by atoms with Crippen molar-refractivity contribution in [2.75, 3.05) is 20.4 Å². The third-order valence-electron chi connectivity index (χ3n) is 10.3. The Labute approximate surface area is 287 Å². The zero-order valence-electron chi connectivity index (χ0n) is 26.5. The van der Waals surface area contributed by atoms with Gasteiger partial charge in [-0.05, 0) is 43.0 Å². The number of esters is 1. The van der Waals surface area contributed by atoms with E-state index in [9.17, 15) is 18.7 Å². The first kappa shape index (κ1) is 34.2. The van der Waals surface area contributed by atoms with Crippen LogP contribution < -0.4 is 5.32 Å². The molecular weight excluding hydrogens is 662 g/mol. The van der Waals surface area contributed by atoms with E-state index in [2.05, 4.69) is 16.9 Å².